The van der Waals surface area contributed by atoms with Gasteiger partial charge in [-0.1, -0.05) is 23.8 Å². The van der Waals surface area contributed by atoms with Crippen LogP contribution in [0.1, 0.15) is 5.56 Å². The molecule has 2 N–H and O–H groups in total. The molecule has 0 aliphatic heterocycles. The molecule has 0 saturated carbocycles. The molecular formula is C9H9ClFN. The molecule has 1 aromatic rings. The van der Waals surface area contributed by atoms with E-state index in [1.807, 2.05) is 0 Å². The van der Waals surface area contributed by atoms with Crippen LogP contribution >= 0.6 is 11.6 Å². The fraction of sp³-hybridized carbons (Fsp3) is 0.111. The third-order valence-electron chi connectivity index (χ3n) is 1.39. The van der Waals surface area contributed by atoms with Gasteiger partial charge in [0.05, 0.1) is 0 Å². The fourth-order valence-electron chi connectivity index (χ4n) is 0.837. The van der Waals surface area contributed by atoms with Crippen LogP contribution in [0, 0.1) is 5.82 Å². The lowest BCUT2D eigenvalue weighted by atomic mass is 10.2. The molecule has 0 radical (unpaired) electrons. The number of hydrogen-bond acceptors (Lipinski definition) is 1. The molecular weight excluding hydrogens is 177 g/mol. The third kappa shape index (κ3) is 2.32. The maximum atomic E-state index is 12.9. The van der Waals surface area contributed by atoms with Crippen LogP contribution in [0.2, 0.25) is 5.02 Å². The van der Waals surface area contributed by atoms with E-state index >= 15 is 0 Å². The second-order valence-corrected chi connectivity index (χ2v) is 2.74. The molecule has 0 amide bonds. The molecule has 0 aliphatic rings. The van der Waals surface area contributed by atoms with Crippen LogP contribution in [0.15, 0.2) is 24.3 Å². The van der Waals surface area contributed by atoms with E-state index in [1.165, 1.54) is 12.1 Å². The van der Waals surface area contributed by atoms with Crippen molar-refractivity contribution in [1.29, 1.82) is 0 Å². The molecule has 1 aromatic carbocycles. The Kier molecular flexibility index (Phi) is 3.26. The minimum absolute atomic E-state index is 0.288. The summed E-state index contributed by atoms with van der Waals surface area (Å²) in [6.45, 7) is 0.395. The lowest BCUT2D eigenvalue weighted by Gasteiger charge is -1.96. The second-order valence-electron chi connectivity index (χ2n) is 2.30. The van der Waals surface area contributed by atoms with Crippen molar-refractivity contribution in [2.24, 2.45) is 5.73 Å². The van der Waals surface area contributed by atoms with Gasteiger partial charge in [0.1, 0.15) is 5.82 Å². The molecule has 12 heavy (non-hydrogen) atoms. The van der Waals surface area contributed by atoms with Crippen LogP contribution < -0.4 is 5.73 Å². The van der Waals surface area contributed by atoms with Gasteiger partial charge in [0.15, 0.2) is 0 Å². The van der Waals surface area contributed by atoms with E-state index in [2.05, 4.69) is 0 Å². The molecule has 3 heteroatoms. The van der Waals surface area contributed by atoms with Gasteiger partial charge in [-0.3, -0.25) is 0 Å². The fourth-order valence-corrected chi connectivity index (χ4v) is 1.02. The molecule has 0 atom stereocenters. The van der Waals surface area contributed by atoms with Crippen LogP contribution in [0.3, 0.4) is 0 Å². The Bertz CT molecular complexity index is 297. The molecule has 1 rings (SSSR count). The molecule has 0 saturated heterocycles. The zero-order valence-electron chi connectivity index (χ0n) is 6.43. The highest BCUT2D eigenvalue weighted by molar-refractivity contribution is 6.30. The highest BCUT2D eigenvalue weighted by Crippen LogP contribution is 2.15. The normalized spacial score (nSPS) is 10.9. The predicted octanol–water partition coefficient (Wildman–Crippen LogP) is 2.45. The molecule has 1 nitrogen and oxygen atoms in total. The van der Waals surface area contributed by atoms with Gasteiger partial charge < -0.3 is 5.73 Å². The number of rotatable bonds is 2. The molecule has 0 aliphatic carbocycles. The topological polar surface area (TPSA) is 26.0 Å². The molecule has 0 spiro atoms. The maximum Gasteiger partial charge on any atom is 0.130 e. The minimum atomic E-state index is -0.288. The Labute approximate surface area is 75.6 Å². The summed E-state index contributed by atoms with van der Waals surface area (Å²) < 4.78 is 12.9. The van der Waals surface area contributed by atoms with E-state index in [4.69, 9.17) is 17.3 Å². The molecule has 0 unspecified atom stereocenters. The molecule has 0 bridgehead atoms. The van der Waals surface area contributed by atoms with Gasteiger partial charge in [-0.05, 0) is 18.2 Å². The van der Waals surface area contributed by atoms with Gasteiger partial charge in [-0.2, -0.15) is 0 Å². The quantitative estimate of drug-likeness (QED) is 0.753. The van der Waals surface area contributed by atoms with Crippen molar-refractivity contribution in [1.82, 2.24) is 0 Å². The smallest absolute Gasteiger partial charge is 0.130 e. The summed E-state index contributed by atoms with van der Waals surface area (Å²) in [6, 6.07) is 4.40. The highest BCUT2D eigenvalue weighted by atomic mass is 35.5. The standard InChI is InChI=1S/C9H9ClFN/c10-8-3-4-9(11)7(6-8)2-1-5-12/h1-4,6H,5,12H2/b2-1+. The summed E-state index contributed by atoms with van der Waals surface area (Å²) in [7, 11) is 0. The first-order chi connectivity index (χ1) is 5.74. The summed E-state index contributed by atoms with van der Waals surface area (Å²) in [5.41, 5.74) is 5.69. The molecule has 0 heterocycles. The van der Waals surface area contributed by atoms with Gasteiger partial charge in [-0.15, -0.1) is 0 Å². The predicted molar refractivity (Wildman–Crippen MR) is 49.5 cm³/mol. The van der Waals surface area contributed by atoms with Gasteiger partial charge in [0.25, 0.3) is 0 Å². The minimum Gasteiger partial charge on any atom is -0.327 e. The lowest BCUT2D eigenvalue weighted by Crippen LogP contribution is -1.92. The van der Waals surface area contributed by atoms with E-state index in [-0.39, 0.29) is 5.82 Å². The number of nitrogens with two attached hydrogens (primary N) is 1. The van der Waals surface area contributed by atoms with E-state index in [1.54, 1.807) is 18.2 Å². The van der Waals surface area contributed by atoms with Gasteiger partial charge in [0.2, 0.25) is 0 Å². The SMILES string of the molecule is NC/C=C/c1cc(Cl)ccc1F. The van der Waals surface area contributed by atoms with E-state index < -0.39 is 0 Å². The van der Waals surface area contributed by atoms with Gasteiger partial charge >= 0.3 is 0 Å². The van der Waals surface area contributed by atoms with E-state index in [0.29, 0.717) is 17.1 Å². The average Bonchev–Trinajstić information content (AvgIpc) is 2.07. The Morgan fingerprint density at radius 3 is 2.92 bits per heavy atom. The van der Waals surface area contributed by atoms with Crippen molar-refractivity contribution >= 4 is 17.7 Å². The largest absolute Gasteiger partial charge is 0.327 e. The Hall–Kier alpha value is -0.860. The summed E-state index contributed by atoms with van der Waals surface area (Å²) >= 11 is 5.66. The van der Waals surface area contributed by atoms with Gasteiger partial charge in [0, 0.05) is 17.1 Å². The monoisotopic (exact) mass is 185 g/mol. The highest BCUT2D eigenvalue weighted by Gasteiger charge is 1.97. The van der Waals surface area contributed by atoms with E-state index in [0.717, 1.165) is 0 Å². The zero-order chi connectivity index (χ0) is 8.97. The Morgan fingerprint density at radius 1 is 1.50 bits per heavy atom. The summed E-state index contributed by atoms with van der Waals surface area (Å²) in [4.78, 5) is 0. The van der Waals surface area contributed by atoms with Crippen molar-refractivity contribution < 1.29 is 4.39 Å². The van der Waals surface area contributed by atoms with Crippen LogP contribution in [0.4, 0.5) is 4.39 Å². The van der Waals surface area contributed by atoms with Gasteiger partial charge in [-0.25, -0.2) is 4.39 Å². The van der Waals surface area contributed by atoms with Crippen LogP contribution in [0.5, 0.6) is 0 Å². The summed E-state index contributed by atoms with van der Waals surface area (Å²) in [5.74, 6) is -0.288. The second kappa shape index (κ2) is 4.24. The lowest BCUT2D eigenvalue weighted by molar-refractivity contribution is 0.625. The van der Waals surface area contributed by atoms with Crippen LogP contribution in [0.25, 0.3) is 6.08 Å². The zero-order valence-corrected chi connectivity index (χ0v) is 7.18. The molecule has 0 aromatic heterocycles. The van der Waals surface area contributed by atoms with Crippen molar-refractivity contribution in [2.75, 3.05) is 6.54 Å². The Balaban J connectivity index is 2.97. The summed E-state index contributed by atoms with van der Waals surface area (Å²) in [6.07, 6.45) is 3.29. The van der Waals surface area contributed by atoms with Crippen molar-refractivity contribution in [3.8, 4) is 0 Å². The Morgan fingerprint density at radius 2 is 2.25 bits per heavy atom. The number of halogens is 2. The average molecular weight is 186 g/mol. The molecule has 64 valence electrons. The molecule has 0 fully saturated rings. The summed E-state index contributed by atoms with van der Waals surface area (Å²) in [5, 5.41) is 0.521. The first-order valence-corrected chi connectivity index (χ1v) is 3.93. The van der Waals surface area contributed by atoms with Crippen molar-refractivity contribution in [3.63, 3.8) is 0 Å². The van der Waals surface area contributed by atoms with Crippen LogP contribution in [-0.2, 0) is 0 Å². The number of hydrogen-bond donors (Lipinski definition) is 1. The van der Waals surface area contributed by atoms with Crippen molar-refractivity contribution in [2.45, 2.75) is 0 Å². The van der Waals surface area contributed by atoms with Crippen LogP contribution in [-0.4, -0.2) is 6.54 Å². The maximum absolute atomic E-state index is 12.9. The van der Waals surface area contributed by atoms with Crippen molar-refractivity contribution in [3.05, 3.63) is 40.7 Å². The third-order valence-corrected chi connectivity index (χ3v) is 1.63. The first kappa shape index (κ1) is 9.23. The first-order valence-electron chi connectivity index (χ1n) is 3.55. The van der Waals surface area contributed by atoms with E-state index in [9.17, 15) is 4.39 Å². The number of benzene rings is 1.